The minimum Gasteiger partial charge on any atom is -0.359 e. The zero-order valence-electron chi connectivity index (χ0n) is 8.71. The average molecular weight is 273 g/mol. The first kappa shape index (κ1) is 10.7. The highest BCUT2D eigenvalue weighted by Gasteiger charge is 2.37. The van der Waals surface area contributed by atoms with Crippen LogP contribution in [0.25, 0.3) is 0 Å². The van der Waals surface area contributed by atoms with Crippen LogP contribution in [0.4, 0.5) is 0 Å². The summed E-state index contributed by atoms with van der Waals surface area (Å²) in [5.41, 5.74) is 0.356. The molecule has 4 nitrogen and oxygen atoms in total. The van der Waals surface area contributed by atoms with Gasteiger partial charge in [0.1, 0.15) is 12.4 Å². The SMILES string of the molecule is CC1(C)COCN1C(=O)c1cc(Br)c[nH]1. The Morgan fingerprint density at radius 2 is 2.40 bits per heavy atom. The Labute approximate surface area is 96.7 Å². The van der Waals surface area contributed by atoms with Gasteiger partial charge in [-0.2, -0.15) is 0 Å². The van der Waals surface area contributed by atoms with Gasteiger partial charge in [-0.05, 0) is 35.8 Å². The molecule has 1 N–H and O–H groups in total. The largest absolute Gasteiger partial charge is 0.359 e. The first-order chi connectivity index (χ1) is 7.00. The maximum absolute atomic E-state index is 12.1. The number of carbonyl (C=O) groups is 1. The van der Waals surface area contributed by atoms with Gasteiger partial charge in [0, 0.05) is 10.7 Å². The molecule has 1 aliphatic heterocycles. The summed E-state index contributed by atoms with van der Waals surface area (Å²) in [4.78, 5) is 16.7. The molecule has 0 unspecified atom stereocenters. The average Bonchev–Trinajstić information content (AvgIpc) is 2.70. The Morgan fingerprint density at radius 1 is 1.67 bits per heavy atom. The summed E-state index contributed by atoms with van der Waals surface area (Å²) in [6.45, 7) is 4.94. The van der Waals surface area contributed by atoms with Crippen LogP contribution < -0.4 is 0 Å². The highest BCUT2D eigenvalue weighted by molar-refractivity contribution is 9.10. The monoisotopic (exact) mass is 272 g/mol. The summed E-state index contributed by atoms with van der Waals surface area (Å²) in [6.07, 6.45) is 1.75. The molecule has 1 aromatic heterocycles. The van der Waals surface area contributed by atoms with Crippen molar-refractivity contribution in [2.24, 2.45) is 0 Å². The van der Waals surface area contributed by atoms with Gasteiger partial charge in [0.25, 0.3) is 5.91 Å². The lowest BCUT2D eigenvalue weighted by atomic mass is 10.1. The zero-order chi connectivity index (χ0) is 11.1. The molecule has 0 spiro atoms. The maximum atomic E-state index is 12.1. The number of hydrogen-bond donors (Lipinski definition) is 1. The molecule has 82 valence electrons. The number of H-pyrrole nitrogens is 1. The van der Waals surface area contributed by atoms with Crippen LogP contribution in [0.2, 0.25) is 0 Å². The molecule has 0 atom stereocenters. The molecule has 1 saturated heterocycles. The van der Waals surface area contributed by atoms with Crippen LogP contribution in [-0.4, -0.2) is 34.7 Å². The summed E-state index contributed by atoms with van der Waals surface area (Å²) in [5.74, 6) is -0.0248. The van der Waals surface area contributed by atoms with Gasteiger partial charge in [-0.3, -0.25) is 4.79 Å². The Hall–Kier alpha value is -0.810. The molecule has 0 aromatic carbocycles. The van der Waals surface area contributed by atoms with Crippen molar-refractivity contribution >= 4 is 21.8 Å². The topological polar surface area (TPSA) is 45.3 Å². The molecular formula is C10H13BrN2O2. The second kappa shape index (κ2) is 3.64. The normalized spacial score (nSPS) is 19.5. The number of nitrogens with one attached hydrogen (secondary N) is 1. The molecule has 0 aliphatic carbocycles. The highest BCUT2D eigenvalue weighted by Crippen LogP contribution is 2.24. The van der Waals surface area contributed by atoms with E-state index in [9.17, 15) is 4.79 Å². The summed E-state index contributed by atoms with van der Waals surface area (Å²) >= 11 is 3.30. The first-order valence-electron chi connectivity index (χ1n) is 4.74. The van der Waals surface area contributed by atoms with Crippen LogP contribution >= 0.6 is 15.9 Å². The fourth-order valence-corrected chi connectivity index (χ4v) is 1.95. The molecule has 15 heavy (non-hydrogen) atoms. The van der Waals surface area contributed by atoms with Gasteiger partial charge >= 0.3 is 0 Å². The molecule has 1 fully saturated rings. The minimum atomic E-state index is -0.228. The number of nitrogens with zero attached hydrogens (tertiary/aromatic N) is 1. The van der Waals surface area contributed by atoms with Crippen molar-refractivity contribution in [3.63, 3.8) is 0 Å². The number of rotatable bonds is 1. The van der Waals surface area contributed by atoms with Crippen molar-refractivity contribution in [2.45, 2.75) is 19.4 Å². The Morgan fingerprint density at radius 3 is 2.87 bits per heavy atom. The number of amides is 1. The van der Waals surface area contributed by atoms with Crippen molar-refractivity contribution in [1.82, 2.24) is 9.88 Å². The molecule has 2 heterocycles. The number of ether oxygens (including phenoxy) is 1. The van der Waals surface area contributed by atoms with Crippen molar-refractivity contribution in [2.75, 3.05) is 13.3 Å². The van der Waals surface area contributed by atoms with Gasteiger partial charge in [0.05, 0.1) is 12.1 Å². The number of hydrogen-bond acceptors (Lipinski definition) is 2. The number of aromatic amines is 1. The molecule has 2 rings (SSSR count). The molecule has 0 bridgehead atoms. The van der Waals surface area contributed by atoms with E-state index in [1.807, 2.05) is 13.8 Å². The van der Waals surface area contributed by atoms with Crippen LogP contribution in [0.5, 0.6) is 0 Å². The Kier molecular flexibility index (Phi) is 2.60. The molecule has 5 heteroatoms. The van der Waals surface area contributed by atoms with Gasteiger partial charge in [-0.15, -0.1) is 0 Å². The van der Waals surface area contributed by atoms with Gasteiger partial charge in [-0.1, -0.05) is 0 Å². The lowest BCUT2D eigenvalue weighted by Crippen LogP contribution is -2.44. The summed E-state index contributed by atoms with van der Waals surface area (Å²) < 4.78 is 6.18. The second-order valence-electron chi connectivity index (χ2n) is 4.25. The summed E-state index contributed by atoms with van der Waals surface area (Å²) in [7, 11) is 0. The first-order valence-corrected chi connectivity index (χ1v) is 5.54. The van der Waals surface area contributed by atoms with E-state index in [1.165, 1.54) is 0 Å². The van der Waals surface area contributed by atoms with E-state index in [-0.39, 0.29) is 11.4 Å². The van der Waals surface area contributed by atoms with Crippen LogP contribution in [0.3, 0.4) is 0 Å². The van der Waals surface area contributed by atoms with E-state index >= 15 is 0 Å². The third-order valence-corrected chi connectivity index (χ3v) is 2.99. The summed E-state index contributed by atoms with van der Waals surface area (Å²) in [5, 5.41) is 0. The number of carbonyl (C=O) groups excluding carboxylic acids is 1. The predicted molar refractivity (Wildman–Crippen MR) is 59.6 cm³/mol. The fourth-order valence-electron chi connectivity index (χ4n) is 1.61. The molecule has 0 saturated carbocycles. The smallest absolute Gasteiger partial charge is 0.272 e. The van der Waals surface area contributed by atoms with Crippen molar-refractivity contribution < 1.29 is 9.53 Å². The zero-order valence-corrected chi connectivity index (χ0v) is 10.3. The molecule has 0 radical (unpaired) electrons. The Bertz CT molecular complexity index is 387. The van der Waals surface area contributed by atoms with Crippen LogP contribution in [-0.2, 0) is 4.74 Å². The molecule has 1 amide bonds. The summed E-state index contributed by atoms with van der Waals surface area (Å²) in [6, 6.07) is 1.77. The lowest BCUT2D eigenvalue weighted by Gasteiger charge is -2.28. The van der Waals surface area contributed by atoms with Crippen LogP contribution in [0, 0.1) is 0 Å². The van der Waals surface area contributed by atoms with Crippen molar-refractivity contribution in [3.05, 3.63) is 22.4 Å². The second-order valence-corrected chi connectivity index (χ2v) is 5.17. The molecule has 1 aromatic rings. The van der Waals surface area contributed by atoms with E-state index in [1.54, 1.807) is 17.2 Å². The van der Waals surface area contributed by atoms with Gasteiger partial charge in [0.2, 0.25) is 0 Å². The predicted octanol–water partition coefficient (Wildman–Crippen LogP) is 1.99. The molecular weight excluding hydrogens is 260 g/mol. The van der Waals surface area contributed by atoms with E-state index in [0.29, 0.717) is 19.0 Å². The third kappa shape index (κ3) is 1.94. The van der Waals surface area contributed by atoms with E-state index in [0.717, 1.165) is 4.47 Å². The highest BCUT2D eigenvalue weighted by atomic mass is 79.9. The van der Waals surface area contributed by atoms with Crippen LogP contribution in [0.1, 0.15) is 24.3 Å². The fraction of sp³-hybridized carbons (Fsp3) is 0.500. The Balaban J connectivity index is 2.21. The molecule has 1 aliphatic rings. The maximum Gasteiger partial charge on any atom is 0.272 e. The number of halogens is 1. The van der Waals surface area contributed by atoms with Crippen molar-refractivity contribution in [3.8, 4) is 0 Å². The van der Waals surface area contributed by atoms with Gasteiger partial charge < -0.3 is 14.6 Å². The lowest BCUT2D eigenvalue weighted by molar-refractivity contribution is 0.0600. The minimum absolute atomic E-state index is 0.0248. The van der Waals surface area contributed by atoms with E-state index in [2.05, 4.69) is 20.9 Å². The standard InChI is InChI=1S/C10H13BrN2O2/c1-10(2)5-15-6-13(10)9(14)8-3-7(11)4-12-8/h3-4,12H,5-6H2,1-2H3. The van der Waals surface area contributed by atoms with Crippen LogP contribution in [0.15, 0.2) is 16.7 Å². The van der Waals surface area contributed by atoms with Gasteiger partial charge in [0.15, 0.2) is 0 Å². The quantitative estimate of drug-likeness (QED) is 0.850. The number of aromatic nitrogens is 1. The van der Waals surface area contributed by atoms with E-state index < -0.39 is 0 Å². The van der Waals surface area contributed by atoms with Gasteiger partial charge in [-0.25, -0.2) is 0 Å². The third-order valence-electron chi connectivity index (χ3n) is 2.53. The van der Waals surface area contributed by atoms with Crippen molar-refractivity contribution in [1.29, 1.82) is 0 Å². The van der Waals surface area contributed by atoms with E-state index in [4.69, 9.17) is 4.74 Å².